The minimum atomic E-state index is -0.345. The van der Waals surface area contributed by atoms with E-state index in [9.17, 15) is 9.59 Å². The Morgan fingerprint density at radius 3 is 2.44 bits per heavy atom. The van der Waals surface area contributed by atoms with Gasteiger partial charge in [-0.05, 0) is 47.8 Å². The van der Waals surface area contributed by atoms with E-state index in [4.69, 9.17) is 10.00 Å². The number of rotatable bonds is 6. The van der Waals surface area contributed by atoms with Crippen molar-refractivity contribution in [2.24, 2.45) is 0 Å². The number of anilines is 2. The summed E-state index contributed by atoms with van der Waals surface area (Å²) in [6.07, 6.45) is 0. The number of benzene rings is 2. The van der Waals surface area contributed by atoms with Crippen molar-refractivity contribution in [3.05, 3.63) is 76.5 Å². The zero-order valence-electron chi connectivity index (χ0n) is 14.1. The largest absolute Gasteiger partial charge is 0.479 e. The standard InChI is InChI=1S/C20H15N3O3S/c21-11-12-26-15-9-7-14(8-10-15)22-19(24)16-4-1-2-5-17(16)23-20(25)18-6-3-13-27-18/h1-10,13H,12H2,(H,22,24)(H,23,25). The lowest BCUT2D eigenvalue weighted by atomic mass is 10.1. The number of nitrogens with one attached hydrogen (secondary N) is 2. The van der Waals surface area contributed by atoms with Gasteiger partial charge in [-0.25, -0.2) is 0 Å². The first-order valence-corrected chi connectivity index (χ1v) is 8.90. The van der Waals surface area contributed by atoms with E-state index in [1.807, 2.05) is 11.4 Å². The van der Waals surface area contributed by atoms with Crippen molar-refractivity contribution in [3.8, 4) is 11.8 Å². The van der Waals surface area contributed by atoms with E-state index in [1.165, 1.54) is 11.3 Å². The molecule has 27 heavy (non-hydrogen) atoms. The van der Waals surface area contributed by atoms with Crippen LogP contribution in [0.15, 0.2) is 66.0 Å². The Kier molecular flexibility index (Phi) is 5.82. The van der Waals surface area contributed by atoms with Gasteiger partial charge in [0.25, 0.3) is 11.8 Å². The average Bonchev–Trinajstić information content (AvgIpc) is 3.23. The first-order chi connectivity index (χ1) is 13.2. The predicted molar refractivity (Wildman–Crippen MR) is 104 cm³/mol. The maximum absolute atomic E-state index is 12.6. The van der Waals surface area contributed by atoms with Crippen LogP contribution in [0, 0.1) is 11.3 Å². The highest BCUT2D eigenvalue weighted by atomic mass is 32.1. The first kappa shape index (κ1) is 18.2. The number of ether oxygens (including phenoxy) is 1. The van der Waals surface area contributed by atoms with Crippen molar-refractivity contribution in [3.63, 3.8) is 0 Å². The molecule has 2 aromatic carbocycles. The van der Waals surface area contributed by atoms with Crippen LogP contribution in [0.5, 0.6) is 5.75 Å². The topological polar surface area (TPSA) is 91.2 Å². The summed E-state index contributed by atoms with van der Waals surface area (Å²) in [5, 5.41) is 15.9. The van der Waals surface area contributed by atoms with Crippen LogP contribution < -0.4 is 15.4 Å². The lowest BCUT2D eigenvalue weighted by Gasteiger charge is -2.11. The number of hydrogen-bond acceptors (Lipinski definition) is 5. The molecule has 3 aromatic rings. The third-order valence-electron chi connectivity index (χ3n) is 3.58. The Morgan fingerprint density at radius 2 is 1.74 bits per heavy atom. The summed E-state index contributed by atoms with van der Waals surface area (Å²) in [7, 11) is 0. The Bertz CT molecular complexity index is 976. The second kappa shape index (κ2) is 8.65. The van der Waals surface area contributed by atoms with Crippen molar-refractivity contribution in [1.29, 1.82) is 5.26 Å². The fourth-order valence-corrected chi connectivity index (χ4v) is 2.95. The molecule has 0 unspecified atom stereocenters. The lowest BCUT2D eigenvalue weighted by molar-refractivity contribution is 0.102. The molecule has 0 aliphatic rings. The average molecular weight is 377 g/mol. The zero-order valence-corrected chi connectivity index (χ0v) is 15.0. The van der Waals surface area contributed by atoms with Crippen molar-refractivity contribution in [1.82, 2.24) is 0 Å². The van der Waals surface area contributed by atoms with E-state index in [2.05, 4.69) is 10.6 Å². The lowest BCUT2D eigenvalue weighted by Crippen LogP contribution is -2.17. The second-order valence-electron chi connectivity index (χ2n) is 5.40. The minimum absolute atomic E-state index is 0.0387. The summed E-state index contributed by atoms with van der Waals surface area (Å²) >= 11 is 1.33. The minimum Gasteiger partial charge on any atom is -0.479 e. The molecule has 0 fully saturated rings. The highest BCUT2D eigenvalue weighted by molar-refractivity contribution is 7.12. The first-order valence-electron chi connectivity index (χ1n) is 8.02. The molecular weight excluding hydrogens is 362 g/mol. The van der Waals surface area contributed by atoms with Gasteiger partial charge in [-0.1, -0.05) is 18.2 Å². The summed E-state index contributed by atoms with van der Waals surface area (Å²) in [6.45, 7) is -0.0387. The second-order valence-corrected chi connectivity index (χ2v) is 6.35. The molecule has 0 spiro atoms. The SMILES string of the molecule is N#CCOc1ccc(NC(=O)c2ccccc2NC(=O)c2cccs2)cc1. The predicted octanol–water partition coefficient (Wildman–Crippen LogP) is 4.16. The van der Waals surface area contributed by atoms with E-state index in [0.717, 1.165) is 0 Å². The Morgan fingerprint density at radius 1 is 0.963 bits per heavy atom. The highest BCUT2D eigenvalue weighted by Gasteiger charge is 2.14. The van der Waals surface area contributed by atoms with Gasteiger partial charge in [-0.15, -0.1) is 11.3 Å². The molecule has 1 aromatic heterocycles. The summed E-state index contributed by atoms with van der Waals surface area (Å²) in [5.74, 6) is -0.0647. The van der Waals surface area contributed by atoms with Gasteiger partial charge >= 0.3 is 0 Å². The van der Waals surface area contributed by atoms with Crippen LogP contribution >= 0.6 is 11.3 Å². The Hall–Kier alpha value is -3.63. The van der Waals surface area contributed by atoms with Crippen LogP contribution in [-0.4, -0.2) is 18.4 Å². The van der Waals surface area contributed by atoms with Gasteiger partial charge in [-0.2, -0.15) is 5.26 Å². The van der Waals surface area contributed by atoms with Crippen LogP contribution in [0.25, 0.3) is 0 Å². The van der Waals surface area contributed by atoms with Gasteiger partial charge in [0.15, 0.2) is 6.61 Å². The smallest absolute Gasteiger partial charge is 0.265 e. The summed E-state index contributed by atoms with van der Waals surface area (Å²) in [5.41, 5.74) is 1.36. The van der Waals surface area contributed by atoms with E-state index >= 15 is 0 Å². The number of hydrogen-bond donors (Lipinski definition) is 2. The van der Waals surface area contributed by atoms with Crippen LogP contribution in [0.2, 0.25) is 0 Å². The molecule has 1 heterocycles. The summed E-state index contributed by atoms with van der Waals surface area (Å²) in [4.78, 5) is 25.5. The highest BCUT2D eigenvalue weighted by Crippen LogP contribution is 2.21. The number of carbonyl (C=O) groups is 2. The fourth-order valence-electron chi connectivity index (χ4n) is 2.33. The molecule has 6 nitrogen and oxygen atoms in total. The molecule has 2 amide bonds. The van der Waals surface area contributed by atoms with E-state index in [0.29, 0.717) is 27.6 Å². The molecule has 0 aliphatic heterocycles. The molecule has 0 radical (unpaired) electrons. The monoisotopic (exact) mass is 377 g/mol. The zero-order chi connectivity index (χ0) is 19.1. The molecule has 134 valence electrons. The van der Waals surface area contributed by atoms with Crippen molar-refractivity contribution < 1.29 is 14.3 Å². The van der Waals surface area contributed by atoms with Gasteiger partial charge in [0.2, 0.25) is 0 Å². The molecular formula is C20H15N3O3S. The number of nitrogens with zero attached hydrogens (tertiary/aromatic N) is 1. The van der Waals surface area contributed by atoms with E-state index < -0.39 is 0 Å². The van der Waals surface area contributed by atoms with Crippen molar-refractivity contribution in [2.75, 3.05) is 17.2 Å². The third-order valence-corrected chi connectivity index (χ3v) is 4.45. The van der Waals surface area contributed by atoms with Crippen LogP contribution in [0.3, 0.4) is 0 Å². The van der Waals surface area contributed by atoms with Gasteiger partial charge < -0.3 is 15.4 Å². The van der Waals surface area contributed by atoms with Gasteiger partial charge in [-0.3, -0.25) is 9.59 Å². The molecule has 0 saturated heterocycles. The Balaban J connectivity index is 1.71. The van der Waals surface area contributed by atoms with Crippen LogP contribution in [0.4, 0.5) is 11.4 Å². The molecule has 3 rings (SSSR count). The van der Waals surface area contributed by atoms with Crippen molar-refractivity contribution >= 4 is 34.5 Å². The number of carbonyl (C=O) groups excluding carboxylic acids is 2. The number of para-hydroxylation sites is 1. The van der Waals surface area contributed by atoms with E-state index in [-0.39, 0.29) is 18.4 Å². The molecule has 0 bridgehead atoms. The normalized spacial score (nSPS) is 9.89. The Labute approximate surface area is 160 Å². The maximum atomic E-state index is 12.6. The van der Waals surface area contributed by atoms with Gasteiger partial charge in [0.1, 0.15) is 11.8 Å². The summed E-state index contributed by atoms with van der Waals surface area (Å²) in [6, 6.07) is 18.9. The molecule has 0 saturated carbocycles. The molecule has 0 atom stereocenters. The molecule has 2 N–H and O–H groups in total. The number of amides is 2. The third kappa shape index (κ3) is 4.71. The van der Waals surface area contributed by atoms with Crippen LogP contribution in [-0.2, 0) is 0 Å². The van der Waals surface area contributed by atoms with E-state index in [1.54, 1.807) is 60.7 Å². The van der Waals surface area contributed by atoms with Crippen molar-refractivity contribution in [2.45, 2.75) is 0 Å². The number of thiophene rings is 1. The van der Waals surface area contributed by atoms with Gasteiger partial charge in [0.05, 0.1) is 16.1 Å². The quantitative estimate of drug-likeness (QED) is 0.675. The molecule has 7 heteroatoms. The maximum Gasteiger partial charge on any atom is 0.265 e. The fraction of sp³-hybridized carbons (Fsp3) is 0.0500. The number of nitriles is 1. The van der Waals surface area contributed by atoms with Gasteiger partial charge in [0, 0.05) is 5.69 Å². The summed E-state index contributed by atoms with van der Waals surface area (Å²) < 4.78 is 5.18. The molecule has 0 aliphatic carbocycles. The van der Waals surface area contributed by atoms with Crippen LogP contribution in [0.1, 0.15) is 20.0 Å².